The van der Waals surface area contributed by atoms with Crippen LogP contribution in [0.1, 0.15) is 0 Å². The zero-order valence-corrected chi connectivity index (χ0v) is 79.4. The third-order valence-corrected chi connectivity index (χ3v) is 27.3. The number of aromatic nitrogens is 14. The van der Waals surface area contributed by atoms with Gasteiger partial charge in [0, 0.05) is 94.3 Å². The van der Waals surface area contributed by atoms with E-state index < -0.39 is 0 Å². The Labute approximate surface area is 846 Å². The van der Waals surface area contributed by atoms with Crippen LogP contribution in [-0.2, 0) is 0 Å². The predicted molar refractivity (Wildman–Crippen MR) is 602 cm³/mol. The molecule has 28 rings (SSSR count). The molecule has 0 aliphatic carbocycles. The van der Waals surface area contributed by atoms with E-state index in [1.807, 2.05) is 188 Å². The fraction of sp³-hybridized carbons (Fsp3) is 0. The van der Waals surface area contributed by atoms with E-state index >= 15 is 0 Å². The van der Waals surface area contributed by atoms with E-state index in [0.29, 0.717) is 40.8 Å². The van der Waals surface area contributed by atoms with Crippen molar-refractivity contribution in [2.75, 3.05) is 0 Å². The van der Waals surface area contributed by atoms with Crippen LogP contribution in [0.15, 0.2) is 516 Å². The minimum Gasteiger partial charge on any atom is -0.338 e. The fourth-order valence-electron chi connectivity index (χ4n) is 20.1. The van der Waals surface area contributed by atoms with E-state index in [-0.39, 0.29) is 0 Å². The lowest BCUT2D eigenvalue weighted by atomic mass is 9.95. The number of H-pyrrole nitrogens is 1. The smallest absolute Gasteiger partial charge is 0.164 e. The van der Waals surface area contributed by atoms with E-state index in [4.69, 9.17) is 54.8 Å². The Morgan fingerprint density at radius 1 is 0.163 bits per heavy atom. The number of hydrogen-bond donors (Lipinski definition) is 1. The van der Waals surface area contributed by atoms with Crippen molar-refractivity contribution in [1.82, 2.24) is 68.9 Å². The van der Waals surface area contributed by atoms with Gasteiger partial charge in [0.2, 0.25) is 0 Å². The summed E-state index contributed by atoms with van der Waals surface area (Å²) in [5.41, 5.74) is 26.5. The van der Waals surface area contributed by atoms with Crippen molar-refractivity contribution in [3.05, 3.63) is 516 Å². The number of aromatic amines is 1. The first-order chi connectivity index (χ1) is 72.8. The Morgan fingerprint density at radius 2 is 0.449 bits per heavy atom. The van der Waals surface area contributed by atoms with Crippen LogP contribution in [0.3, 0.4) is 0 Å². The van der Waals surface area contributed by atoms with Gasteiger partial charge in [0.1, 0.15) is 17.5 Å². The van der Waals surface area contributed by atoms with E-state index in [9.17, 15) is 0 Å². The molecule has 6 heterocycles. The molecule has 28 aromatic rings. The van der Waals surface area contributed by atoms with Gasteiger partial charge < -0.3 is 4.98 Å². The van der Waals surface area contributed by atoms with Crippen molar-refractivity contribution in [2.24, 2.45) is 0 Å². The number of hydrogen-bond acceptors (Lipinski definition) is 11. The molecule has 0 saturated heterocycles. The first-order valence-corrected chi connectivity index (χ1v) is 49.2. The molecule has 22 aromatic carbocycles. The Morgan fingerprint density at radius 3 is 0.871 bits per heavy atom. The highest BCUT2D eigenvalue weighted by molar-refractivity contribution is 6.23. The fourth-order valence-corrected chi connectivity index (χ4v) is 20.1. The first kappa shape index (κ1) is 87.2. The maximum atomic E-state index is 5.22. The first-order valence-electron chi connectivity index (χ1n) is 49.2. The Hall–Kier alpha value is -20.1. The third-order valence-electron chi connectivity index (χ3n) is 27.3. The Kier molecular flexibility index (Phi) is 22.6. The van der Waals surface area contributed by atoms with Crippen molar-refractivity contribution >= 4 is 97.7 Å². The van der Waals surface area contributed by atoms with Crippen LogP contribution in [0.2, 0.25) is 0 Å². The minimum absolute atomic E-state index is 0.636. The quantitative estimate of drug-likeness (QED) is 0.0914. The van der Waals surface area contributed by atoms with Crippen LogP contribution >= 0.6 is 0 Å². The average Bonchev–Trinajstić information content (AvgIpc) is 1.58. The summed E-state index contributed by atoms with van der Waals surface area (Å²) >= 11 is 0. The number of fused-ring (bicyclic) bond motifs is 15. The summed E-state index contributed by atoms with van der Waals surface area (Å²) in [6, 6.07) is 178. The lowest BCUT2D eigenvalue weighted by Gasteiger charge is -2.13. The number of rotatable bonds is 16. The van der Waals surface area contributed by atoms with Gasteiger partial charge in [-0.3, -0.25) is 9.13 Å². The summed E-state index contributed by atoms with van der Waals surface area (Å²) in [4.78, 5) is 58.8. The molecule has 0 spiro atoms. The molecule has 0 bridgehead atoms. The third kappa shape index (κ3) is 17.0. The molecule has 14 nitrogen and oxygen atoms in total. The molecule has 0 saturated carbocycles. The maximum absolute atomic E-state index is 5.22. The van der Waals surface area contributed by atoms with Crippen molar-refractivity contribution in [2.45, 2.75) is 0 Å². The van der Waals surface area contributed by atoms with E-state index in [0.717, 1.165) is 189 Å². The molecule has 0 aliphatic rings. The van der Waals surface area contributed by atoms with Crippen LogP contribution in [0.4, 0.5) is 0 Å². The molecule has 147 heavy (non-hydrogen) atoms. The zero-order chi connectivity index (χ0) is 97.5. The summed E-state index contributed by atoms with van der Waals surface area (Å²) < 4.78 is 4.62. The van der Waals surface area contributed by atoms with Gasteiger partial charge in [0.05, 0.1) is 44.5 Å². The minimum atomic E-state index is 0.636. The van der Waals surface area contributed by atoms with Gasteiger partial charge in [-0.25, -0.2) is 54.8 Å². The SMILES string of the molecule is c1ccc(-c2cc(-c3ccccc3)nc(-c3ccc4c(ccc5ccc6nc(-c7ccccc7)n(-c7ccccc7)c6c54)c3)n2)cc1.c1ccc(-c2nc(-c3ccccc3)nc(-c3cccc(-c4ccc5c(ccc6ccc7nc(-c8ccccc8)n(-c8ccccc8)c7c65)c4)c3)n2)cc1.c1ccc(-c2nc(-c3ccccc3)nc(-c3cccc(-c4ccc5ccc6ccc7[nH]c(-c8ccccc8)nc7c6c5c4)c3)n2)cc1. The molecule has 14 heteroatoms. The molecule has 0 atom stereocenters. The van der Waals surface area contributed by atoms with Gasteiger partial charge in [0.25, 0.3) is 0 Å². The summed E-state index contributed by atoms with van der Waals surface area (Å²) in [6.45, 7) is 0. The van der Waals surface area contributed by atoms with Crippen LogP contribution < -0.4 is 0 Å². The molecule has 0 radical (unpaired) electrons. The zero-order valence-electron chi connectivity index (χ0n) is 79.4. The van der Waals surface area contributed by atoms with Gasteiger partial charge >= 0.3 is 0 Å². The molecular formula is C133H86N14. The van der Waals surface area contributed by atoms with E-state index in [2.05, 4.69) is 342 Å². The Balaban J connectivity index is 0.000000112. The number of nitrogens with zero attached hydrogens (tertiary/aromatic N) is 13. The summed E-state index contributed by atoms with van der Waals surface area (Å²) in [6.07, 6.45) is 0. The highest BCUT2D eigenvalue weighted by Crippen LogP contribution is 2.45. The van der Waals surface area contributed by atoms with Crippen molar-refractivity contribution in [3.8, 4) is 170 Å². The number of benzene rings is 22. The molecule has 6 aromatic heterocycles. The standard InChI is InChI=1S/C48H31N5.C43H28N4.C42H27N5/c1-5-14-33(15-6-1)45-50-46(34-16-7-2-8-17-34)52-47(51-45)39-21-13-20-36(31-39)37-26-28-41-38(30-37)25-24-32-27-29-42-44(43(32)41)53(40-22-11-4-12-23-40)48(49-42)35-18-9-3-10-19-35;1-5-13-29(14-6-1)38-28-39(30-15-7-2-8-16-30)45-42(44-38)34-23-25-36-33(27-34)22-21-31-24-26-37-41(40(31)36)47(35-19-11-4-12-20-35)43(46-37)32-17-9-3-10-18-32;1-4-11-29(12-5-1)39-43-36-24-23-28-21-19-27-20-22-33(26-35(27)37(28)38(36)44-39)32-17-10-18-34(25-32)42-46-40(30-13-6-2-7-14-30)45-41(47-42)31-15-8-3-9-16-31/h1-31H;1-28H;1-26H,(H,43,44). The second-order valence-corrected chi connectivity index (χ2v) is 36.5. The van der Waals surface area contributed by atoms with Crippen molar-refractivity contribution in [1.29, 1.82) is 0 Å². The van der Waals surface area contributed by atoms with Crippen LogP contribution in [0, 0.1) is 0 Å². The van der Waals surface area contributed by atoms with Gasteiger partial charge in [0.15, 0.2) is 40.8 Å². The Bertz CT molecular complexity index is 9640. The van der Waals surface area contributed by atoms with Gasteiger partial charge in [-0.1, -0.05) is 437 Å². The molecule has 0 amide bonds. The van der Waals surface area contributed by atoms with Gasteiger partial charge in [-0.2, -0.15) is 0 Å². The van der Waals surface area contributed by atoms with Gasteiger partial charge in [-0.15, -0.1) is 0 Å². The largest absolute Gasteiger partial charge is 0.338 e. The second kappa shape index (κ2) is 38.2. The number of nitrogens with one attached hydrogen (secondary N) is 1. The predicted octanol–water partition coefficient (Wildman–Crippen LogP) is 33.0. The normalized spacial score (nSPS) is 11.4. The summed E-state index contributed by atoms with van der Waals surface area (Å²) in [5, 5.41) is 14.0. The van der Waals surface area contributed by atoms with Crippen molar-refractivity contribution in [3.63, 3.8) is 0 Å². The summed E-state index contributed by atoms with van der Waals surface area (Å²) in [7, 11) is 0. The van der Waals surface area contributed by atoms with Crippen LogP contribution in [0.25, 0.3) is 268 Å². The maximum Gasteiger partial charge on any atom is 0.164 e. The lowest BCUT2D eigenvalue weighted by molar-refractivity contribution is 1.07. The van der Waals surface area contributed by atoms with Gasteiger partial charge in [-0.05, 0) is 150 Å². The highest BCUT2D eigenvalue weighted by atomic mass is 15.1. The second-order valence-electron chi connectivity index (χ2n) is 36.5. The van der Waals surface area contributed by atoms with E-state index in [1.54, 1.807) is 0 Å². The molecule has 0 unspecified atom stereocenters. The van der Waals surface area contributed by atoms with E-state index in [1.165, 1.54) is 37.7 Å². The molecule has 688 valence electrons. The van der Waals surface area contributed by atoms with Crippen LogP contribution in [0.5, 0.6) is 0 Å². The molecule has 1 N–H and O–H groups in total. The monoisotopic (exact) mass is 1880 g/mol. The molecule has 0 aliphatic heterocycles. The number of para-hydroxylation sites is 2. The molecular weight excluding hydrogens is 1790 g/mol. The summed E-state index contributed by atoms with van der Waals surface area (Å²) in [5.74, 6) is 7.28. The topological polar surface area (TPSA) is 167 Å². The average molecular weight is 1880 g/mol. The molecule has 0 fully saturated rings. The lowest BCUT2D eigenvalue weighted by Crippen LogP contribution is -2.00. The van der Waals surface area contributed by atoms with Crippen LogP contribution in [-0.4, -0.2) is 68.9 Å². The number of imidazole rings is 3. The highest BCUT2D eigenvalue weighted by Gasteiger charge is 2.25. The van der Waals surface area contributed by atoms with Crippen molar-refractivity contribution < 1.29 is 0 Å².